The average Bonchev–Trinajstić information content (AvgIpc) is 2.56. The van der Waals surface area contributed by atoms with Gasteiger partial charge in [0, 0.05) is 6.54 Å². The van der Waals surface area contributed by atoms with Crippen LogP contribution in [0.1, 0.15) is 18.9 Å². The summed E-state index contributed by atoms with van der Waals surface area (Å²) in [7, 11) is 0. The summed E-state index contributed by atoms with van der Waals surface area (Å²) in [6.45, 7) is 2.71. The molecule has 15 heavy (non-hydrogen) atoms. The third-order valence-corrected chi connectivity index (χ3v) is 2.68. The smallest absolute Gasteiger partial charge is 0.307 e. The number of esters is 1. The molecule has 0 radical (unpaired) electrons. The molecule has 0 bridgehead atoms. The number of carbonyl (C=O) groups is 1. The van der Waals surface area contributed by atoms with Crippen LogP contribution in [0.25, 0.3) is 0 Å². The Morgan fingerprint density at radius 2 is 2.13 bits per heavy atom. The molecule has 0 spiro atoms. The van der Waals surface area contributed by atoms with Gasteiger partial charge >= 0.3 is 5.97 Å². The van der Waals surface area contributed by atoms with E-state index < -0.39 is 0 Å². The third-order valence-electron chi connectivity index (χ3n) is 2.68. The molecule has 1 N–H and O–H groups in total. The number of rotatable bonds is 3. The minimum atomic E-state index is -0.104. The molecule has 2 rings (SSSR count). The fourth-order valence-electron chi connectivity index (χ4n) is 1.77. The summed E-state index contributed by atoms with van der Waals surface area (Å²) in [5.74, 6) is -0.104. The van der Waals surface area contributed by atoms with Crippen LogP contribution in [0, 0.1) is 0 Å². The van der Waals surface area contributed by atoms with Crippen molar-refractivity contribution in [2.45, 2.75) is 32.0 Å². The highest BCUT2D eigenvalue weighted by atomic mass is 16.5. The molecule has 1 aliphatic heterocycles. The fourth-order valence-corrected chi connectivity index (χ4v) is 1.77. The largest absolute Gasteiger partial charge is 0.461 e. The second-order valence-corrected chi connectivity index (χ2v) is 3.87. The standard InChI is InChI=1S/C12H15NO2/c1-9-11(7-12(14)15-9)13-8-10-5-3-2-4-6-10/h2-6,9,11,13H,7-8H2,1H3. The maximum absolute atomic E-state index is 11.0. The summed E-state index contributed by atoms with van der Waals surface area (Å²) in [6.07, 6.45) is 0.467. The zero-order chi connectivity index (χ0) is 10.7. The van der Waals surface area contributed by atoms with Crippen LogP contribution in [0.3, 0.4) is 0 Å². The van der Waals surface area contributed by atoms with Crippen molar-refractivity contribution in [1.82, 2.24) is 5.32 Å². The van der Waals surface area contributed by atoms with Crippen LogP contribution in [0.2, 0.25) is 0 Å². The zero-order valence-corrected chi connectivity index (χ0v) is 8.77. The monoisotopic (exact) mass is 205 g/mol. The van der Waals surface area contributed by atoms with Gasteiger partial charge in [-0.2, -0.15) is 0 Å². The number of carbonyl (C=O) groups excluding carboxylic acids is 1. The molecule has 2 atom stereocenters. The first-order valence-corrected chi connectivity index (χ1v) is 5.22. The SMILES string of the molecule is CC1OC(=O)CC1NCc1ccccc1. The van der Waals surface area contributed by atoms with Crippen molar-refractivity contribution in [3.05, 3.63) is 35.9 Å². The molecule has 1 saturated heterocycles. The Morgan fingerprint density at radius 3 is 2.73 bits per heavy atom. The van der Waals surface area contributed by atoms with Gasteiger partial charge in [0.1, 0.15) is 6.10 Å². The Bertz CT molecular complexity index is 337. The van der Waals surface area contributed by atoms with E-state index >= 15 is 0 Å². The van der Waals surface area contributed by atoms with Gasteiger partial charge in [0.05, 0.1) is 12.5 Å². The Balaban J connectivity index is 1.86. The summed E-state index contributed by atoms with van der Waals surface area (Å²) in [4.78, 5) is 11.0. The molecule has 1 aromatic rings. The van der Waals surface area contributed by atoms with E-state index in [9.17, 15) is 4.79 Å². The van der Waals surface area contributed by atoms with E-state index in [2.05, 4.69) is 17.4 Å². The van der Waals surface area contributed by atoms with Gasteiger partial charge in [-0.1, -0.05) is 30.3 Å². The second-order valence-electron chi connectivity index (χ2n) is 3.87. The highest BCUT2D eigenvalue weighted by Gasteiger charge is 2.30. The molecule has 0 saturated carbocycles. The predicted octanol–water partition coefficient (Wildman–Crippen LogP) is 1.48. The lowest BCUT2D eigenvalue weighted by atomic mass is 10.1. The van der Waals surface area contributed by atoms with Crippen LogP contribution in [0.5, 0.6) is 0 Å². The minimum absolute atomic E-state index is 0.0128. The highest BCUT2D eigenvalue weighted by molar-refractivity contribution is 5.72. The van der Waals surface area contributed by atoms with Crippen LogP contribution in [-0.4, -0.2) is 18.1 Å². The van der Waals surface area contributed by atoms with E-state index in [-0.39, 0.29) is 18.1 Å². The molecular weight excluding hydrogens is 190 g/mol. The minimum Gasteiger partial charge on any atom is -0.461 e. The lowest BCUT2D eigenvalue weighted by molar-refractivity contribution is -0.140. The van der Waals surface area contributed by atoms with Crippen molar-refractivity contribution in [3.63, 3.8) is 0 Å². The van der Waals surface area contributed by atoms with E-state index in [4.69, 9.17) is 4.74 Å². The molecule has 3 heteroatoms. The average molecular weight is 205 g/mol. The van der Waals surface area contributed by atoms with Crippen LogP contribution >= 0.6 is 0 Å². The van der Waals surface area contributed by atoms with Gasteiger partial charge in [-0.15, -0.1) is 0 Å². The number of ether oxygens (including phenoxy) is 1. The van der Waals surface area contributed by atoms with Gasteiger partial charge in [-0.25, -0.2) is 0 Å². The lowest BCUT2D eigenvalue weighted by Gasteiger charge is -2.14. The molecule has 2 unspecified atom stereocenters. The van der Waals surface area contributed by atoms with Crippen LogP contribution in [0.15, 0.2) is 30.3 Å². The molecule has 0 aliphatic carbocycles. The maximum atomic E-state index is 11.0. The van der Waals surface area contributed by atoms with Gasteiger partial charge < -0.3 is 10.1 Å². The van der Waals surface area contributed by atoms with Crippen molar-refractivity contribution >= 4 is 5.97 Å². The molecule has 0 amide bonds. The first-order valence-electron chi connectivity index (χ1n) is 5.22. The van der Waals surface area contributed by atoms with Gasteiger partial charge in [0.2, 0.25) is 0 Å². The Morgan fingerprint density at radius 1 is 1.40 bits per heavy atom. The van der Waals surface area contributed by atoms with Crippen LogP contribution in [0.4, 0.5) is 0 Å². The Labute approximate surface area is 89.4 Å². The second kappa shape index (κ2) is 4.45. The lowest BCUT2D eigenvalue weighted by Crippen LogP contribution is -2.34. The molecule has 80 valence electrons. The van der Waals surface area contributed by atoms with Crippen molar-refractivity contribution in [1.29, 1.82) is 0 Å². The quantitative estimate of drug-likeness (QED) is 0.760. The molecule has 1 aliphatic rings. The van der Waals surface area contributed by atoms with Gasteiger partial charge in [0.25, 0.3) is 0 Å². The summed E-state index contributed by atoms with van der Waals surface area (Å²) in [5.41, 5.74) is 1.23. The molecule has 1 aromatic carbocycles. The van der Waals surface area contributed by atoms with E-state index in [0.717, 1.165) is 6.54 Å². The topological polar surface area (TPSA) is 38.3 Å². The summed E-state index contributed by atoms with van der Waals surface area (Å²) >= 11 is 0. The zero-order valence-electron chi connectivity index (χ0n) is 8.77. The number of hydrogen-bond acceptors (Lipinski definition) is 3. The summed E-state index contributed by atoms with van der Waals surface area (Å²) in [6, 6.07) is 10.3. The van der Waals surface area contributed by atoms with E-state index in [1.54, 1.807) is 0 Å². The number of cyclic esters (lactones) is 1. The van der Waals surface area contributed by atoms with E-state index in [1.165, 1.54) is 5.56 Å². The van der Waals surface area contributed by atoms with Crippen LogP contribution in [-0.2, 0) is 16.1 Å². The van der Waals surface area contributed by atoms with Crippen molar-refractivity contribution in [3.8, 4) is 0 Å². The summed E-state index contributed by atoms with van der Waals surface area (Å²) in [5, 5.41) is 3.33. The highest BCUT2D eigenvalue weighted by Crippen LogP contribution is 2.14. The summed E-state index contributed by atoms with van der Waals surface area (Å²) < 4.78 is 5.06. The number of benzene rings is 1. The molecule has 1 heterocycles. The predicted molar refractivity (Wildman–Crippen MR) is 57.2 cm³/mol. The molecule has 0 aromatic heterocycles. The number of hydrogen-bond donors (Lipinski definition) is 1. The van der Waals surface area contributed by atoms with Gasteiger partial charge in [-0.05, 0) is 12.5 Å². The van der Waals surface area contributed by atoms with Crippen molar-refractivity contribution in [2.24, 2.45) is 0 Å². The fraction of sp³-hybridized carbons (Fsp3) is 0.417. The maximum Gasteiger partial charge on any atom is 0.307 e. The first kappa shape index (κ1) is 10.2. The van der Waals surface area contributed by atoms with E-state index in [1.807, 2.05) is 25.1 Å². The molecular formula is C12H15NO2. The van der Waals surface area contributed by atoms with Gasteiger partial charge in [-0.3, -0.25) is 4.79 Å². The van der Waals surface area contributed by atoms with E-state index in [0.29, 0.717) is 6.42 Å². The first-order chi connectivity index (χ1) is 7.25. The third kappa shape index (κ3) is 2.57. The van der Waals surface area contributed by atoms with Crippen molar-refractivity contribution in [2.75, 3.05) is 0 Å². The van der Waals surface area contributed by atoms with Crippen LogP contribution < -0.4 is 5.32 Å². The van der Waals surface area contributed by atoms with Gasteiger partial charge in [0.15, 0.2) is 0 Å². The number of nitrogens with one attached hydrogen (secondary N) is 1. The normalized spacial score (nSPS) is 25.3. The molecule has 3 nitrogen and oxygen atoms in total. The molecule has 1 fully saturated rings. The Kier molecular flexibility index (Phi) is 3.02. The Hall–Kier alpha value is -1.35. The van der Waals surface area contributed by atoms with Crippen molar-refractivity contribution < 1.29 is 9.53 Å².